The predicted molar refractivity (Wildman–Crippen MR) is 101 cm³/mol. The number of ether oxygens (including phenoxy) is 3. The van der Waals surface area contributed by atoms with Gasteiger partial charge in [-0.2, -0.15) is 0 Å². The maximum atomic E-state index is 11.5. The Bertz CT molecular complexity index is 630. The van der Waals surface area contributed by atoms with Crippen molar-refractivity contribution < 1.29 is 19.0 Å². The van der Waals surface area contributed by atoms with Gasteiger partial charge < -0.3 is 19.1 Å². The Kier molecular flexibility index (Phi) is 8.15. The molecule has 0 radical (unpaired) electrons. The molecule has 0 unspecified atom stereocenters. The summed E-state index contributed by atoms with van der Waals surface area (Å²) in [6, 6.07) is 0. The molecule has 2 heterocycles. The summed E-state index contributed by atoms with van der Waals surface area (Å²) >= 11 is 0. The van der Waals surface area contributed by atoms with Gasteiger partial charge in [-0.15, -0.1) is 5.10 Å². The summed E-state index contributed by atoms with van der Waals surface area (Å²) < 4.78 is 18.3. The summed E-state index contributed by atoms with van der Waals surface area (Å²) in [5, 5.41) is 8.27. The molecule has 8 heteroatoms. The van der Waals surface area contributed by atoms with E-state index in [0.717, 1.165) is 12.1 Å². The van der Waals surface area contributed by atoms with Crippen molar-refractivity contribution in [2.75, 3.05) is 46.2 Å². The molecule has 1 aliphatic heterocycles. The molecule has 1 amide bonds. The Morgan fingerprint density at radius 3 is 2.19 bits per heavy atom. The Morgan fingerprint density at radius 1 is 1.00 bits per heavy atom. The number of rotatable bonds is 12. The first kappa shape index (κ1) is 21.3. The third-order valence-corrected chi connectivity index (χ3v) is 3.96. The number of amides is 1. The summed E-state index contributed by atoms with van der Waals surface area (Å²) in [6.07, 6.45) is 5.91. The van der Waals surface area contributed by atoms with Crippen molar-refractivity contribution >= 4 is 5.91 Å². The van der Waals surface area contributed by atoms with Crippen LogP contribution in [0.3, 0.4) is 0 Å². The lowest BCUT2D eigenvalue weighted by atomic mass is 10.1. The van der Waals surface area contributed by atoms with Crippen LogP contribution in [0, 0.1) is 0 Å². The normalized spacial score (nSPS) is 14.6. The van der Waals surface area contributed by atoms with Crippen LogP contribution < -0.4 is 0 Å². The Morgan fingerprint density at radius 2 is 1.63 bits per heavy atom. The lowest BCUT2D eigenvalue weighted by Gasteiger charge is -2.17. The van der Waals surface area contributed by atoms with Crippen LogP contribution in [-0.4, -0.2) is 72.0 Å². The van der Waals surface area contributed by atoms with Crippen molar-refractivity contribution in [3.63, 3.8) is 0 Å². The van der Waals surface area contributed by atoms with Gasteiger partial charge in [0.05, 0.1) is 50.9 Å². The van der Waals surface area contributed by atoms with Crippen LogP contribution in [0.5, 0.6) is 0 Å². The molecule has 0 saturated carbocycles. The van der Waals surface area contributed by atoms with Gasteiger partial charge in [0, 0.05) is 30.9 Å². The molecule has 1 aliphatic rings. The highest BCUT2D eigenvalue weighted by Crippen LogP contribution is 2.12. The molecule has 2 rings (SSSR count). The Balaban J connectivity index is 1.40. The van der Waals surface area contributed by atoms with Crippen LogP contribution in [0.1, 0.15) is 26.5 Å². The molecule has 0 spiro atoms. The molecule has 150 valence electrons. The van der Waals surface area contributed by atoms with Gasteiger partial charge in [-0.3, -0.25) is 4.79 Å². The lowest BCUT2D eigenvalue weighted by Crippen LogP contribution is -2.28. The maximum Gasteiger partial charge on any atom is 0.251 e. The summed E-state index contributed by atoms with van der Waals surface area (Å²) in [4.78, 5) is 13.1. The van der Waals surface area contributed by atoms with E-state index < -0.39 is 0 Å². The second kappa shape index (κ2) is 10.3. The highest BCUT2D eigenvalue weighted by Gasteiger charge is 2.17. The summed E-state index contributed by atoms with van der Waals surface area (Å²) in [7, 11) is 0. The van der Waals surface area contributed by atoms with E-state index in [1.54, 1.807) is 11.0 Å². The predicted octanol–water partition coefficient (Wildman–Crippen LogP) is 1.54. The van der Waals surface area contributed by atoms with Gasteiger partial charge in [-0.25, -0.2) is 4.68 Å². The molecule has 0 aromatic carbocycles. The molecule has 0 fully saturated rings. The lowest BCUT2D eigenvalue weighted by molar-refractivity contribution is -0.123. The SMILES string of the molecule is C=C1C=CC(=O)N1CCOCCOCCOCCc1cn(C(C)(C)C)nn1. The third kappa shape index (κ3) is 7.24. The highest BCUT2D eigenvalue weighted by atomic mass is 16.5. The Labute approximate surface area is 160 Å². The zero-order valence-electron chi connectivity index (χ0n) is 16.5. The molecular formula is C19H30N4O4. The quantitative estimate of drug-likeness (QED) is 0.514. The monoisotopic (exact) mass is 378 g/mol. The first-order valence-electron chi connectivity index (χ1n) is 9.21. The fraction of sp³-hybridized carbons (Fsp3) is 0.632. The van der Waals surface area contributed by atoms with Gasteiger partial charge in [0.15, 0.2) is 0 Å². The van der Waals surface area contributed by atoms with Crippen LogP contribution in [0.4, 0.5) is 0 Å². The van der Waals surface area contributed by atoms with Gasteiger partial charge in [0.2, 0.25) is 0 Å². The van der Waals surface area contributed by atoms with Crippen LogP contribution in [0.15, 0.2) is 30.6 Å². The van der Waals surface area contributed by atoms with E-state index in [9.17, 15) is 4.79 Å². The van der Waals surface area contributed by atoms with Crippen LogP contribution >= 0.6 is 0 Å². The topological polar surface area (TPSA) is 78.7 Å². The van der Waals surface area contributed by atoms with Crippen LogP contribution in [0.25, 0.3) is 0 Å². The van der Waals surface area contributed by atoms with Crippen molar-refractivity contribution in [1.29, 1.82) is 0 Å². The number of allylic oxidation sites excluding steroid dienone is 1. The zero-order chi connectivity index (χ0) is 19.7. The number of carbonyl (C=O) groups excluding carboxylic acids is 1. The summed E-state index contributed by atoms with van der Waals surface area (Å²) in [5.41, 5.74) is 1.57. The number of nitrogens with zero attached hydrogens (tertiary/aromatic N) is 4. The average Bonchev–Trinajstić information content (AvgIpc) is 3.21. The Hall–Kier alpha value is -2.03. The molecule has 1 aromatic rings. The minimum absolute atomic E-state index is 0.0436. The molecule has 0 bridgehead atoms. The minimum Gasteiger partial charge on any atom is -0.379 e. The van der Waals surface area contributed by atoms with E-state index in [2.05, 4.69) is 37.7 Å². The maximum absolute atomic E-state index is 11.5. The van der Waals surface area contributed by atoms with Crippen molar-refractivity contribution in [2.24, 2.45) is 0 Å². The molecule has 8 nitrogen and oxygen atoms in total. The van der Waals surface area contributed by atoms with Gasteiger partial charge in [0.25, 0.3) is 5.91 Å². The standard InChI is InChI=1S/C19H30N4O4/c1-16-5-6-18(24)22(16)8-10-26-12-14-27-13-11-25-9-7-17-15-23(21-20-17)19(2,3)4/h5-6,15H,1,7-14H2,2-4H3. The number of hydrogen-bond acceptors (Lipinski definition) is 6. The zero-order valence-corrected chi connectivity index (χ0v) is 16.5. The summed E-state index contributed by atoms with van der Waals surface area (Å²) in [6.45, 7) is 13.6. The second-order valence-corrected chi connectivity index (χ2v) is 7.23. The van der Waals surface area contributed by atoms with E-state index in [0.29, 0.717) is 51.9 Å². The number of aromatic nitrogens is 3. The van der Waals surface area contributed by atoms with E-state index in [4.69, 9.17) is 14.2 Å². The second-order valence-electron chi connectivity index (χ2n) is 7.23. The van der Waals surface area contributed by atoms with E-state index >= 15 is 0 Å². The van der Waals surface area contributed by atoms with Crippen molar-refractivity contribution in [3.8, 4) is 0 Å². The highest BCUT2D eigenvalue weighted by molar-refractivity contribution is 5.92. The van der Waals surface area contributed by atoms with Crippen molar-refractivity contribution in [3.05, 3.63) is 36.3 Å². The van der Waals surface area contributed by atoms with Crippen LogP contribution in [0.2, 0.25) is 0 Å². The first-order chi connectivity index (χ1) is 12.9. The number of carbonyl (C=O) groups is 1. The molecule has 0 N–H and O–H groups in total. The molecular weight excluding hydrogens is 348 g/mol. The van der Waals surface area contributed by atoms with Crippen molar-refractivity contribution in [2.45, 2.75) is 32.7 Å². The van der Waals surface area contributed by atoms with Gasteiger partial charge >= 0.3 is 0 Å². The van der Waals surface area contributed by atoms with Crippen LogP contribution in [-0.2, 0) is 31.0 Å². The molecule has 0 saturated heterocycles. The largest absolute Gasteiger partial charge is 0.379 e. The number of hydrogen-bond donors (Lipinski definition) is 0. The van der Waals surface area contributed by atoms with Gasteiger partial charge in [-0.05, 0) is 26.8 Å². The van der Waals surface area contributed by atoms with E-state index in [-0.39, 0.29) is 11.4 Å². The van der Waals surface area contributed by atoms with E-state index in [1.165, 1.54) is 6.08 Å². The molecule has 27 heavy (non-hydrogen) atoms. The fourth-order valence-electron chi connectivity index (χ4n) is 2.36. The minimum atomic E-state index is -0.0586. The van der Waals surface area contributed by atoms with E-state index in [1.807, 2.05) is 10.9 Å². The van der Waals surface area contributed by atoms with Crippen molar-refractivity contribution in [1.82, 2.24) is 19.9 Å². The third-order valence-electron chi connectivity index (χ3n) is 3.96. The molecule has 0 aliphatic carbocycles. The van der Waals surface area contributed by atoms with Gasteiger partial charge in [0.1, 0.15) is 0 Å². The first-order valence-corrected chi connectivity index (χ1v) is 9.21. The summed E-state index contributed by atoms with van der Waals surface area (Å²) in [5.74, 6) is -0.0436. The smallest absolute Gasteiger partial charge is 0.251 e. The average molecular weight is 378 g/mol. The molecule has 1 aromatic heterocycles. The fourth-order valence-corrected chi connectivity index (χ4v) is 2.36. The van der Waals surface area contributed by atoms with Gasteiger partial charge in [-0.1, -0.05) is 11.8 Å². The molecule has 0 atom stereocenters.